The first-order valence-electron chi connectivity index (χ1n) is 5.61. The maximum absolute atomic E-state index is 11.5. The minimum absolute atomic E-state index is 0.382. The molecule has 5 heteroatoms. The van der Waals surface area contributed by atoms with Gasteiger partial charge in [-0.05, 0) is 31.2 Å². The lowest BCUT2D eigenvalue weighted by Crippen LogP contribution is -2.03. The molecule has 2 rings (SSSR count). The molecule has 0 unspecified atom stereocenters. The van der Waals surface area contributed by atoms with E-state index in [4.69, 9.17) is 4.74 Å². The average molecular weight is 246 g/mol. The molecule has 0 radical (unpaired) electrons. The van der Waals surface area contributed by atoms with E-state index in [1.807, 2.05) is 19.1 Å². The van der Waals surface area contributed by atoms with Gasteiger partial charge >= 0.3 is 5.97 Å². The van der Waals surface area contributed by atoms with Gasteiger partial charge in [-0.15, -0.1) is 0 Å². The Bertz CT molecular complexity index is 535. The summed E-state index contributed by atoms with van der Waals surface area (Å²) in [5.41, 5.74) is 2.17. The van der Waals surface area contributed by atoms with Crippen LogP contribution >= 0.6 is 0 Å². The Hall–Kier alpha value is -2.30. The number of methoxy groups -OCH3 is 1. The van der Waals surface area contributed by atoms with Crippen molar-refractivity contribution in [2.45, 2.75) is 6.92 Å². The van der Waals surface area contributed by atoms with Gasteiger partial charge in [-0.2, -0.15) is 5.10 Å². The first-order chi connectivity index (χ1) is 8.76. The van der Waals surface area contributed by atoms with Gasteiger partial charge in [-0.25, -0.2) is 4.79 Å². The van der Waals surface area contributed by atoms with Gasteiger partial charge < -0.3 is 9.47 Å². The highest BCUT2D eigenvalue weighted by Crippen LogP contribution is 2.29. The van der Waals surface area contributed by atoms with Crippen LogP contribution < -0.4 is 4.74 Å². The summed E-state index contributed by atoms with van der Waals surface area (Å²) in [7, 11) is 1.35. The van der Waals surface area contributed by atoms with Crippen molar-refractivity contribution in [1.82, 2.24) is 10.2 Å². The first-order valence-corrected chi connectivity index (χ1v) is 5.61. The van der Waals surface area contributed by atoms with Gasteiger partial charge in [0.25, 0.3) is 0 Å². The lowest BCUT2D eigenvalue weighted by atomic mass is 10.1. The Morgan fingerprint density at radius 1 is 1.39 bits per heavy atom. The van der Waals surface area contributed by atoms with Crippen LogP contribution in [0.1, 0.15) is 17.3 Å². The highest BCUT2D eigenvalue weighted by atomic mass is 16.5. The standard InChI is InChI=1S/C13H14N2O3/c1-3-18-12-8-9(13(16)17-2)4-5-10(12)11-6-7-14-15-11/h4-8H,3H2,1-2H3,(H,14,15). The van der Waals surface area contributed by atoms with Gasteiger partial charge in [-0.3, -0.25) is 5.10 Å². The zero-order valence-corrected chi connectivity index (χ0v) is 10.3. The number of H-pyrrole nitrogens is 1. The zero-order valence-electron chi connectivity index (χ0n) is 10.3. The Kier molecular flexibility index (Phi) is 3.62. The van der Waals surface area contributed by atoms with E-state index in [9.17, 15) is 4.79 Å². The van der Waals surface area contributed by atoms with Gasteiger partial charge in [0.05, 0.1) is 25.0 Å². The summed E-state index contributed by atoms with van der Waals surface area (Å²) < 4.78 is 10.2. The number of carbonyl (C=O) groups is 1. The van der Waals surface area contributed by atoms with Crippen molar-refractivity contribution in [2.24, 2.45) is 0 Å². The SMILES string of the molecule is CCOc1cc(C(=O)OC)ccc1-c1ccn[nH]1. The fourth-order valence-electron chi connectivity index (χ4n) is 1.67. The molecule has 18 heavy (non-hydrogen) atoms. The molecule has 5 nitrogen and oxygen atoms in total. The van der Waals surface area contributed by atoms with Crippen LogP contribution in [-0.2, 0) is 4.74 Å². The van der Waals surface area contributed by atoms with E-state index in [1.54, 1.807) is 18.3 Å². The largest absolute Gasteiger partial charge is 0.493 e. The van der Waals surface area contributed by atoms with E-state index in [0.717, 1.165) is 11.3 Å². The molecule has 0 aliphatic carbocycles. The van der Waals surface area contributed by atoms with Gasteiger partial charge in [0, 0.05) is 11.8 Å². The van der Waals surface area contributed by atoms with Crippen molar-refractivity contribution >= 4 is 5.97 Å². The second-order valence-corrected chi connectivity index (χ2v) is 3.61. The van der Waals surface area contributed by atoms with Gasteiger partial charge in [0.2, 0.25) is 0 Å². The monoisotopic (exact) mass is 246 g/mol. The molecule has 0 amide bonds. The number of aromatic amines is 1. The van der Waals surface area contributed by atoms with Crippen LogP contribution in [0.15, 0.2) is 30.5 Å². The molecular weight excluding hydrogens is 232 g/mol. The number of rotatable bonds is 4. The van der Waals surface area contributed by atoms with E-state index < -0.39 is 0 Å². The molecule has 1 N–H and O–H groups in total. The number of benzene rings is 1. The number of nitrogens with zero attached hydrogens (tertiary/aromatic N) is 1. The summed E-state index contributed by atoms with van der Waals surface area (Å²) in [6.07, 6.45) is 1.67. The van der Waals surface area contributed by atoms with Crippen LogP contribution in [0.3, 0.4) is 0 Å². The van der Waals surface area contributed by atoms with Crippen molar-refractivity contribution in [1.29, 1.82) is 0 Å². The quantitative estimate of drug-likeness (QED) is 0.840. The van der Waals surface area contributed by atoms with Crippen LogP contribution in [0.5, 0.6) is 5.75 Å². The third-order valence-corrected chi connectivity index (χ3v) is 2.49. The number of aromatic nitrogens is 2. The topological polar surface area (TPSA) is 64.2 Å². The minimum Gasteiger partial charge on any atom is -0.493 e. The predicted molar refractivity (Wildman–Crippen MR) is 66.5 cm³/mol. The van der Waals surface area contributed by atoms with E-state index in [0.29, 0.717) is 17.9 Å². The van der Waals surface area contributed by atoms with Crippen LogP contribution in [0.25, 0.3) is 11.3 Å². The number of ether oxygens (including phenoxy) is 2. The third-order valence-electron chi connectivity index (χ3n) is 2.49. The van der Waals surface area contributed by atoms with Crippen molar-refractivity contribution in [3.63, 3.8) is 0 Å². The molecule has 0 bridgehead atoms. The van der Waals surface area contributed by atoms with Crippen LogP contribution in [0.2, 0.25) is 0 Å². The molecule has 0 aliphatic heterocycles. The summed E-state index contributed by atoms with van der Waals surface area (Å²) >= 11 is 0. The summed E-state index contributed by atoms with van der Waals surface area (Å²) in [6, 6.07) is 7.02. The molecule has 0 saturated carbocycles. The second-order valence-electron chi connectivity index (χ2n) is 3.61. The smallest absolute Gasteiger partial charge is 0.337 e. The Morgan fingerprint density at radius 2 is 2.22 bits per heavy atom. The molecule has 2 aromatic rings. The van der Waals surface area contributed by atoms with Crippen LogP contribution in [-0.4, -0.2) is 29.9 Å². The lowest BCUT2D eigenvalue weighted by Gasteiger charge is -2.10. The zero-order chi connectivity index (χ0) is 13.0. The number of carbonyl (C=O) groups excluding carboxylic acids is 1. The summed E-state index contributed by atoms with van der Waals surface area (Å²) in [6.45, 7) is 2.41. The highest BCUT2D eigenvalue weighted by molar-refractivity contribution is 5.91. The van der Waals surface area contributed by atoms with E-state index in [2.05, 4.69) is 14.9 Å². The van der Waals surface area contributed by atoms with E-state index in [-0.39, 0.29) is 5.97 Å². The van der Waals surface area contributed by atoms with E-state index >= 15 is 0 Å². The molecule has 0 saturated heterocycles. The lowest BCUT2D eigenvalue weighted by molar-refractivity contribution is 0.0600. The number of nitrogens with one attached hydrogen (secondary N) is 1. The predicted octanol–water partition coefficient (Wildman–Crippen LogP) is 2.26. The minimum atomic E-state index is -0.382. The molecule has 0 atom stereocenters. The van der Waals surface area contributed by atoms with Crippen LogP contribution in [0, 0.1) is 0 Å². The number of hydrogen-bond acceptors (Lipinski definition) is 4. The molecule has 0 spiro atoms. The normalized spacial score (nSPS) is 10.1. The Labute approximate surface area is 105 Å². The molecule has 0 fully saturated rings. The van der Waals surface area contributed by atoms with E-state index in [1.165, 1.54) is 7.11 Å². The maximum Gasteiger partial charge on any atom is 0.337 e. The van der Waals surface area contributed by atoms with Gasteiger partial charge in [-0.1, -0.05) is 0 Å². The fourth-order valence-corrected chi connectivity index (χ4v) is 1.67. The van der Waals surface area contributed by atoms with Crippen molar-refractivity contribution in [2.75, 3.05) is 13.7 Å². The average Bonchev–Trinajstić information content (AvgIpc) is 2.92. The highest BCUT2D eigenvalue weighted by Gasteiger charge is 2.12. The van der Waals surface area contributed by atoms with Crippen molar-refractivity contribution in [3.8, 4) is 17.0 Å². The Balaban J connectivity index is 2.44. The number of hydrogen-bond donors (Lipinski definition) is 1. The number of esters is 1. The Morgan fingerprint density at radius 3 is 2.83 bits per heavy atom. The van der Waals surface area contributed by atoms with Crippen molar-refractivity contribution < 1.29 is 14.3 Å². The first kappa shape index (κ1) is 12.2. The third kappa shape index (κ3) is 2.34. The molecular formula is C13H14N2O3. The molecule has 1 aromatic carbocycles. The summed E-state index contributed by atoms with van der Waals surface area (Å²) in [5, 5.41) is 6.77. The second kappa shape index (κ2) is 5.35. The van der Waals surface area contributed by atoms with Gasteiger partial charge in [0.1, 0.15) is 5.75 Å². The molecule has 1 aromatic heterocycles. The summed E-state index contributed by atoms with van der Waals surface area (Å²) in [5.74, 6) is 0.247. The molecule has 94 valence electrons. The molecule has 0 aliphatic rings. The van der Waals surface area contributed by atoms with Crippen molar-refractivity contribution in [3.05, 3.63) is 36.0 Å². The summed E-state index contributed by atoms with van der Waals surface area (Å²) in [4.78, 5) is 11.5. The van der Waals surface area contributed by atoms with Crippen LogP contribution in [0.4, 0.5) is 0 Å². The molecule has 1 heterocycles. The fraction of sp³-hybridized carbons (Fsp3) is 0.231. The van der Waals surface area contributed by atoms with Gasteiger partial charge in [0.15, 0.2) is 0 Å². The maximum atomic E-state index is 11.5.